The predicted molar refractivity (Wildman–Crippen MR) is 97.0 cm³/mol. The average molecular weight is 339 g/mol. The molecule has 0 saturated heterocycles. The lowest BCUT2D eigenvalue weighted by Gasteiger charge is -2.13. The first-order valence-electron chi connectivity index (χ1n) is 8.05. The first-order chi connectivity index (χ1) is 12.1. The van der Waals surface area contributed by atoms with E-state index in [1.807, 2.05) is 36.4 Å². The van der Waals surface area contributed by atoms with E-state index in [0.29, 0.717) is 23.7 Å². The Balaban J connectivity index is 1.71. The number of benzene rings is 2. The lowest BCUT2D eigenvalue weighted by Crippen LogP contribution is -2.25. The summed E-state index contributed by atoms with van der Waals surface area (Å²) in [4.78, 5) is 12.5. The van der Waals surface area contributed by atoms with Crippen LogP contribution in [0.5, 0.6) is 11.5 Å². The molecule has 0 saturated carbocycles. The van der Waals surface area contributed by atoms with Crippen molar-refractivity contribution in [3.05, 3.63) is 53.6 Å². The van der Waals surface area contributed by atoms with Crippen LogP contribution in [0.4, 0.5) is 5.69 Å². The molecule has 2 N–H and O–H groups in total. The van der Waals surface area contributed by atoms with Gasteiger partial charge in [-0.05, 0) is 35.4 Å². The van der Waals surface area contributed by atoms with E-state index in [9.17, 15) is 4.79 Å². The average Bonchev–Trinajstić information content (AvgIpc) is 3.12. The second kappa shape index (κ2) is 7.25. The fourth-order valence-corrected chi connectivity index (χ4v) is 2.77. The molecule has 3 rings (SSSR count). The van der Waals surface area contributed by atoms with Gasteiger partial charge in [0.15, 0.2) is 11.5 Å². The molecule has 0 unspecified atom stereocenters. The Bertz CT molecular complexity index is 800. The highest BCUT2D eigenvalue weighted by atomic mass is 16.5. The maximum atomic E-state index is 12.5. The molecule has 0 aromatic heterocycles. The van der Waals surface area contributed by atoms with E-state index in [4.69, 9.17) is 15.2 Å². The van der Waals surface area contributed by atoms with Crippen molar-refractivity contribution in [2.75, 3.05) is 26.5 Å². The number of carbonyl (C=O) groups is 1. The molecule has 1 aliphatic heterocycles. The lowest BCUT2D eigenvalue weighted by atomic mass is 10.1. The second-order valence-electron chi connectivity index (χ2n) is 5.80. The smallest absolute Gasteiger partial charge is 0.247 e. The van der Waals surface area contributed by atoms with E-state index in [0.717, 1.165) is 23.3 Å². The Morgan fingerprint density at radius 1 is 1.12 bits per heavy atom. The van der Waals surface area contributed by atoms with Crippen LogP contribution in [0.3, 0.4) is 0 Å². The molecule has 1 heterocycles. The van der Waals surface area contributed by atoms with Crippen LogP contribution in [0.1, 0.15) is 17.5 Å². The summed E-state index contributed by atoms with van der Waals surface area (Å²) in [6, 6.07) is 13.0. The van der Waals surface area contributed by atoms with Crippen molar-refractivity contribution in [1.29, 1.82) is 0 Å². The number of carbonyl (C=O) groups excluding carboxylic acids is 1. The summed E-state index contributed by atoms with van der Waals surface area (Å²) in [6.45, 7) is 0.589. The highest BCUT2D eigenvalue weighted by Crippen LogP contribution is 2.28. The van der Waals surface area contributed by atoms with Crippen LogP contribution in [0.15, 0.2) is 47.6 Å². The van der Waals surface area contributed by atoms with Crippen molar-refractivity contribution in [1.82, 2.24) is 5.01 Å². The third-order valence-corrected chi connectivity index (χ3v) is 4.14. The van der Waals surface area contributed by atoms with Gasteiger partial charge >= 0.3 is 0 Å². The number of amides is 1. The monoisotopic (exact) mass is 339 g/mol. The molecule has 2 aromatic carbocycles. The number of hydrogen-bond acceptors (Lipinski definition) is 5. The third-order valence-electron chi connectivity index (χ3n) is 4.14. The van der Waals surface area contributed by atoms with Crippen LogP contribution in [0.2, 0.25) is 0 Å². The summed E-state index contributed by atoms with van der Waals surface area (Å²) in [5.41, 5.74) is 9.18. The summed E-state index contributed by atoms with van der Waals surface area (Å²) in [5.74, 6) is 1.21. The van der Waals surface area contributed by atoms with Gasteiger partial charge in [-0.25, -0.2) is 5.01 Å². The van der Waals surface area contributed by atoms with Crippen molar-refractivity contribution in [2.24, 2.45) is 5.10 Å². The van der Waals surface area contributed by atoms with Gasteiger partial charge in [-0.15, -0.1) is 0 Å². The standard InChI is InChI=1S/C19H21N3O3/c1-24-17-8-3-13(11-18(17)25-2)12-19(23)22-10-9-16(21-22)14-4-6-15(20)7-5-14/h3-8,11H,9-10,12,20H2,1-2H3. The summed E-state index contributed by atoms with van der Waals surface area (Å²) < 4.78 is 10.5. The number of methoxy groups -OCH3 is 2. The first-order valence-corrected chi connectivity index (χ1v) is 8.05. The van der Waals surface area contributed by atoms with Gasteiger partial charge in [0.25, 0.3) is 0 Å². The van der Waals surface area contributed by atoms with Crippen LogP contribution >= 0.6 is 0 Å². The third kappa shape index (κ3) is 3.74. The molecule has 1 amide bonds. The summed E-state index contributed by atoms with van der Waals surface area (Å²) in [7, 11) is 3.16. The van der Waals surface area contributed by atoms with Gasteiger partial charge in [0.05, 0.1) is 32.9 Å². The Morgan fingerprint density at radius 2 is 1.84 bits per heavy atom. The largest absolute Gasteiger partial charge is 0.493 e. The van der Waals surface area contributed by atoms with Crippen LogP contribution in [0.25, 0.3) is 0 Å². The molecule has 6 nitrogen and oxygen atoms in total. The normalized spacial score (nSPS) is 13.5. The molecule has 0 atom stereocenters. The number of nitrogens with zero attached hydrogens (tertiary/aromatic N) is 2. The fourth-order valence-electron chi connectivity index (χ4n) is 2.77. The number of ether oxygens (including phenoxy) is 2. The van der Waals surface area contributed by atoms with Crippen LogP contribution in [-0.2, 0) is 11.2 Å². The van der Waals surface area contributed by atoms with Gasteiger partial charge in [-0.2, -0.15) is 5.10 Å². The molecule has 0 spiro atoms. The van der Waals surface area contributed by atoms with Gasteiger partial charge in [0.1, 0.15) is 0 Å². The summed E-state index contributed by atoms with van der Waals surface area (Å²) in [5, 5.41) is 5.99. The molecule has 130 valence electrons. The van der Waals surface area contributed by atoms with E-state index in [-0.39, 0.29) is 12.3 Å². The fraction of sp³-hybridized carbons (Fsp3) is 0.263. The Kier molecular flexibility index (Phi) is 4.88. The Morgan fingerprint density at radius 3 is 2.52 bits per heavy atom. The maximum absolute atomic E-state index is 12.5. The number of nitrogens with two attached hydrogens (primary N) is 1. The second-order valence-corrected chi connectivity index (χ2v) is 5.80. The van der Waals surface area contributed by atoms with Gasteiger partial charge in [-0.3, -0.25) is 4.79 Å². The van der Waals surface area contributed by atoms with Crippen molar-refractivity contribution in [3.8, 4) is 11.5 Å². The number of rotatable bonds is 5. The molecule has 25 heavy (non-hydrogen) atoms. The lowest BCUT2D eigenvalue weighted by molar-refractivity contribution is -0.130. The van der Waals surface area contributed by atoms with Gasteiger partial charge in [0.2, 0.25) is 5.91 Å². The van der Waals surface area contributed by atoms with E-state index in [1.54, 1.807) is 20.3 Å². The van der Waals surface area contributed by atoms with Crippen LogP contribution < -0.4 is 15.2 Å². The minimum Gasteiger partial charge on any atom is -0.493 e. The Hall–Kier alpha value is -3.02. The summed E-state index contributed by atoms with van der Waals surface area (Å²) in [6.07, 6.45) is 1.00. The number of hydrogen-bond donors (Lipinski definition) is 1. The number of hydrazone groups is 1. The zero-order valence-electron chi connectivity index (χ0n) is 14.4. The Labute approximate surface area is 146 Å². The van der Waals surface area contributed by atoms with Gasteiger partial charge in [0, 0.05) is 12.1 Å². The SMILES string of the molecule is COc1ccc(CC(=O)N2CCC(c3ccc(N)cc3)=N2)cc1OC. The minimum atomic E-state index is -0.0438. The first kappa shape index (κ1) is 16.8. The molecular weight excluding hydrogens is 318 g/mol. The van der Waals surface area contributed by atoms with Crippen molar-refractivity contribution >= 4 is 17.3 Å². The topological polar surface area (TPSA) is 77.2 Å². The van der Waals surface area contributed by atoms with E-state index >= 15 is 0 Å². The van der Waals surface area contributed by atoms with E-state index in [2.05, 4.69) is 5.10 Å². The number of anilines is 1. The van der Waals surface area contributed by atoms with Crippen molar-refractivity contribution in [3.63, 3.8) is 0 Å². The van der Waals surface area contributed by atoms with Gasteiger partial charge in [-0.1, -0.05) is 18.2 Å². The zero-order valence-corrected chi connectivity index (χ0v) is 14.4. The van der Waals surface area contributed by atoms with Crippen molar-refractivity contribution in [2.45, 2.75) is 12.8 Å². The molecule has 0 aliphatic carbocycles. The molecular formula is C19H21N3O3. The molecule has 1 aliphatic rings. The summed E-state index contributed by atoms with van der Waals surface area (Å²) >= 11 is 0. The minimum absolute atomic E-state index is 0.0438. The quantitative estimate of drug-likeness (QED) is 0.849. The van der Waals surface area contributed by atoms with Crippen molar-refractivity contribution < 1.29 is 14.3 Å². The molecule has 0 radical (unpaired) electrons. The number of nitrogen functional groups attached to an aromatic ring is 1. The van der Waals surface area contributed by atoms with Gasteiger partial charge < -0.3 is 15.2 Å². The van der Waals surface area contributed by atoms with Crippen LogP contribution in [0, 0.1) is 0 Å². The molecule has 0 fully saturated rings. The highest BCUT2D eigenvalue weighted by molar-refractivity contribution is 6.02. The van der Waals surface area contributed by atoms with E-state index < -0.39 is 0 Å². The molecule has 0 bridgehead atoms. The zero-order chi connectivity index (χ0) is 17.8. The van der Waals surface area contributed by atoms with E-state index in [1.165, 1.54) is 5.01 Å². The van der Waals surface area contributed by atoms with Crippen LogP contribution in [-0.4, -0.2) is 37.4 Å². The maximum Gasteiger partial charge on any atom is 0.247 e. The molecule has 2 aromatic rings. The predicted octanol–water partition coefficient (Wildman–Crippen LogP) is 2.47. The molecule has 6 heteroatoms. The highest BCUT2D eigenvalue weighted by Gasteiger charge is 2.22.